The fraction of sp³-hybridized carbons (Fsp3) is 0.657. The minimum Gasteiger partial charge on any atom is -0.458 e. The molecule has 7 atom stereocenters. The van der Waals surface area contributed by atoms with E-state index in [2.05, 4.69) is 0 Å². The molecule has 0 bridgehead atoms. The summed E-state index contributed by atoms with van der Waals surface area (Å²) in [6.07, 6.45) is 5.89. The normalized spacial score (nSPS) is 33.6. The molecule has 1 saturated carbocycles. The number of halogens is 2. The Labute approximate surface area is 259 Å². The van der Waals surface area contributed by atoms with Gasteiger partial charge in [-0.25, -0.2) is 8.78 Å². The van der Waals surface area contributed by atoms with E-state index in [0.717, 1.165) is 37.7 Å². The first-order valence-electron chi connectivity index (χ1n) is 15.8. The third-order valence-electron chi connectivity index (χ3n) is 11.0. The Balaban J connectivity index is 1.39. The zero-order valence-electron chi connectivity index (χ0n) is 26.6. The van der Waals surface area contributed by atoms with Gasteiger partial charge in [-0.3, -0.25) is 9.59 Å². The minimum atomic E-state index is -2.46. The number of Topliss-reactive ketones (excluding diaryl/α,β-unsaturated/α-hetero) is 1. The van der Waals surface area contributed by atoms with Gasteiger partial charge in [0.2, 0.25) is 0 Å². The van der Waals surface area contributed by atoms with Gasteiger partial charge in [0.25, 0.3) is 6.43 Å². The van der Waals surface area contributed by atoms with Crippen LogP contribution in [0.3, 0.4) is 0 Å². The van der Waals surface area contributed by atoms with Crippen LogP contribution < -0.4 is 5.73 Å². The number of unbranched alkanes of at least 4 members (excludes halogenated alkanes) is 3. The highest BCUT2D eigenvalue weighted by Gasteiger charge is 2.69. The standard InChI is InChI=1S/C35H49F2NO6/c1-21-16-28-34(42,29(21)40)19-24(20-39)17-27-32(3,4)33(5,18-22(2)35(27,28)43)44-31(41)26(38)11-9-7-6-8-10-23-12-14-25(15-13-23)30(36)37/h12-17,22,26-28,30,39,42-43H,6-11,18-20,38H2,1-5H3/t22-,26?,27+,28?,33-,34-,35-/m1/s1. The monoisotopic (exact) mass is 617 g/mol. The maximum atomic E-state index is 13.3. The third kappa shape index (κ3) is 6.05. The molecule has 4 rings (SSSR count). The zero-order valence-corrected chi connectivity index (χ0v) is 26.6. The Morgan fingerprint density at radius 2 is 1.68 bits per heavy atom. The van der Waals surface area contributed by atoms with Gasteiger partial charge in [0.15, 0.2) is 5.78 Å². The molecular weight excluding hydrogens is 568 g/mol. The summed E-state index contributed by atoms with van der Waals surface area (Å²) in [5.41, 5.74) is 2.94. The number of esters is 1. The molecule has 1 aromatic carbocycles. The van der Waals surface area contributed by atoms with Crippen molar-refractivity contribution in [2.24, 2.45) is 28.9 Å². The molecule has 0 spiro atoms. The van der Waals surface area contributed by atoms with Crippen molar-refractivity contribution in [1.82, 2.24) is 0 Å². The molecule has 5 N–H and O–H groups in total. The largest absolute Gasteiger partial charge is 0.458 e. The third-order valence-corrected chi connectivity index (χ3v) is 11.0. The molecule has 1 aromatic rings. The number of hydrogen-bond acceptors (Lipinski definition) is 7. The number of fused-ring (bicyclic) bond motifs is 3. The fourth-order valence-corrected chi connectivity index (χ4v) is 7.93. The van der Waals surface area contributed by atoms with Crippen LogP contribution >= 0.6 is 0 Å². The highest BCUT2D eigenvalue weighted by Crippen LogP contribution is 2.63. The first-order valence-corrected chi connectivity index (χ1v) is 15.8. The minimum absolute atomic E-state index is 0.0237. The lowest BCUT2D eigenvalue weighted by Gasteiger charge is -2.61. The van der Waals surface area contributed by atoms with E-state index in [9.17, 15) is 33.7 Å². The van der Waals surface area contributed by atoms with Gasteiger partial charge < -0.3 is 25.8 Å². The van der Waals surface area contributed by atoms with Crippen molar-refractivity contribution < 1.29 is 38.4 Å². The van der Waals surface area contributed by atoms with Gasteiger partial charge in [0, 0.05) is 29.2 Å². The molecule has 2 unspecified atom stereocenters. The summed E-state index contributed by atoms with van der Waals surface area (Å²) in [6.45, 7) is 8.80. The van der Waals surface area contributed by atoms with Gasteiger partial charge in [-0.2, -0.15) is 0 Å². The first kappa shape index (κ1) is 34.4. The number of aliphatic hydroxyl groups is 3. The van der Waals surface area contributed by atoms with Crippen molar-refractivity contribution in [3.63, 3.8) is 0 Å². The molecule has 1 fully saturated rings. The fourth-order valence-electron chi connectivity index (χ4n) is 7.93. The molecule has 0 saturated heterocycles. The van der Waals surface area contributed by atoms with Crippen molar-refractivity contribution in [3.8, 4) is 0 Å². The van der Waals surface area contributed by atoms with Crippen LogP contribution in [-0.4, -0.2) is 56.5 Å². The lowest BCUT2D eigenvalue weighted by molar-refractivity contribution is -0.246. The molecular formula is C35H49F2NO6. The molecule has 3 aliphatic rings. The number of hydrogen-bond donors (Lipinski definition) is 4. The molecule has 0 amide bonds. The van der Waals surface area contributed by atoms with E-state index in [1.807, 2.05) is 27.7 Å². The SMILES string of the molecule is CC1=CC2[C@@]3(O)[C@H](C)C[C@@](C)(OC(=O)C(N)CCCCCCc4ccc(C(F)F)cc4)C(C)(C)[C@@H]3C=C(CO)C[C@]2(O)C1=O. The number of rotatable bonds is 11. The molecule has 9 heteroatoms. The molecule has 0 aliphatic heterocycles. The number of carbonyl (C=O) groups excluding carboxylic acids is 2. The molecule has 0 aromatic heterocycles. The van der Waals surface area contributed by atoms with Gasteiger partial charge >= 0.3 is 5.97 Å². The number of aliphatic hydroxyl groups excluding tert-OH is 1. The van der Waals surface area contributed by atoms with Crippen LogP contribution in [0, 0.1) is 23.2 Å². The van der Waals surface area contributed by atoms with Crippen LogP contribution in [0.1, 0.15) is 97.1 Å². The summed E-state index contributed by atoms with van der Waals surface area (Å²) in [5.74, 6) is -2.94. The maximum absolute atomic E-state index is 13.3. The second kappa shape index (κ2) is 12.7. The number of benzene rings is 1. The Bertz CT molecular complexity index is 1290. The number of aryl methyl sites for hydroxylation is 1. The lowest BCUT2D eigenvalue weighted by atomic mass is 9.48. The van der Waals surface area contributed by atoms with E-state index >= 15 is 0 Å². The lowest BCUT2D eigenvalue weighted by Crippen LogP contribution is -2.69. The highest BCUT2D eigenvalue weighted by atomic mass is 19.3. The summed E-state index contributed by atoms with van der Waals surface area (Å²) in [4.78, 5) is 26.4. The van der Waals surface area contributed by atoms with Crippen LogP contribution in [0.15, 0.2) is 47.6 Å². The van der Waals surface area contributed by atoms with Crippen molar-refractivity contribution in [2.75, 3.05) is 6.61 Å². The summed E-state index contributed by atoms with van der Waals surface area (Å²) >= 11 is 0. The molecule has 0 heterocycles. The number of ether oxygens (including phenoxy) is 1. The summed E-state index contributed by atoms with van der Waals surface area (Å²) < 4.78 is 31.7. The van der Waals surface area contributed by atoms with E-state index in [1.165, 1.54) is 12.1 Å². The smallest absolute Gasteiger partial charge is 0.323 e. The van der Waals surface area contributed by atoms with Crippen molar-refractivity contribution >= 4 is 11.8 Å². The number of nitrogens with two attached hydrogens (primary N) is 1. The van der Waals surface area contributed by atoms with Crippen LogP contribution in [0.4, 0.5) is 8.78 Å². The van der Waals surface area contributed by atoms with E-state index in [4.69, 9.17) is 10.5 Å². The van der Waals surface area contributed by atoms with E-state index in [1.54, 1.807) is 31.2 Å². The van der Waals surface area contributed by atoms with Crippen LogP contribution in [-0.2, 0) is 20.7 Å². The van der Waals surface area contributed by atoms with Gasteiger partial charge in [-0.1, -0.05) is 76.5 Å². The molecule has 244 valence electrons. The average Bonchev–Trinajstić information content (AvgIpc) is 3.12. The Hall–Kier alpha value is -2.46. The topological polar surface area (TPSA) is 130 Å². The van der Waals surface area contributed by atoms with Gasteiger partial charge in [-0.15, -0.1) is 0 Å². The Kier molecular flexibility index (Phi) is 9.96. The van der Waals surface area contributed by atoms with Gasteiger partial charge in [0.1, 0.15) is 17.2 Å². The molecule has 0 radical (unpaired) electrons. The summed E-state index contributed by atoms with van der Waals surface area (Å²) in [7, 11) is 0. The van der Waals surface area contributed by atoms with Crippen molar-refractivity contribution in [3.05, 3.63) is 58.7 Å². The second-order valence-corrected chi connectivity index (χ2v) is 14.2. The number of carbonyl (C=O) groups is 2. The highest BCUT2D eigenvalue weighted by molar-refractivity contribution is 6.04. The molecule has 7 nitrogen and oxygen atoms in total. The Morgan fingerprint density at radius 3 is 2.30 bits per heavy atom. The second-order valence-electron chi connectivity index (χ2n) is 14.2. The van der Waals surface area contributed by atoms with Crippen molar-refractivity contribution in [2.45, 2.75) is 115 Å². The van der Waals surface area contributed by atoms with Gasteiger partial charge in [0.05, 0.1) is 12.2 Å². The van der Waals surface area contributed by atoms with E-state index < -0.39 is 64.2 Å². The predicted molar refractivity (Wildman–Crippen MR) is 164 cm³/mol. The number of alkyl halides is 2. The van der Waals surface area contributed by atoms with Crippen LogP contribution in [0.5, 0.6) is 0 Å². The molecule has 3 aliphatic carbocycles. The average molecular weight is 618 g/mol. The number of ketones is 1. The zero-order chi connectivity index (χ0) is 32.7. The van der Waals surface area contributed by atoms with Gasteiger partial charge in [-0.05, 0) is 62.2 Å². The quantitative estimate of drug-likeness (QED) is 0.149. The summed E-state index contributed by atoms with van der Waals surface area (Å²) in [6, 6.07) is 5.59. The van der Waals surface area contributed by atoms with Crippen LogP contribution in [0.2, 0.25) is 0 Å². The summed E-state index contributed by atoms with van der Waals surface area (Å²) in [5, 5.41) is 34.3. The predicted octanol–water partition coefficient (Wildman–Crippen LogP) is 5.36. The van der Waals surface area contributed by atoms with Crippen molar-refractivity contribution in [1.29, 1.82) is 0 Å². The Morgan fingerprint density at radius 1 is 1.05 bits per heavy atom. The van der Waals surface area contributed by atoms with E-state index in [0.29, 0.717) is 24.0 Å². The maximum Gasteiger partial charge on any atom is 0.323 e. The first-order chi connectivity index (χ1) is 20.5. The molecule has 44 heavy (non-hydrogen) atoms. The van der Waals surface area contributed by atoms with E-state index in [-0.39, 0.29) is 18.6 Å². The van der Waals surface area contributed by atoms with Crippen LogP contribution in [0.25, 0.3) is 0 Å².